The first kappa shape index (κ1) is 12.5. The number of anilines is 1. The van der Waals surface area contributed by atoms with Crippen LogP contribution in [-0.4, -0.2) is 32.5 Å². The number of fused-ring (bicyclic) bond motifs is 2. The van der Waals surface area contributed by atoms with Crippen LogP contribution in [0.1, 0.15) is 10.5 Å². The first-order valence-corrected chi connectivity index (χ1v) is 6.42. The molecule has 4 rings (SSSR count). The molecule has 0 spiro atoms. The summed E-state index contributed by atoms with van der Waals surface area (Å²) in [6, 6.07) is 8.57. The summed E-state index contributed by atoms with van der Waals surface area (Å²) < 4.78 is 11.9. The number of carboxylic acid groups (broad SMARTS) is 1. The average Bonchev–Trinajstić information content (AvgIpc) is 3.10. The number of carbonyl (C=O) groups is 1. The normalized spacial score (nSPS) is 12.7. The van der Waals surface area contributed by atoms with Gasteiger partial charge in [-0.15, -0.1) is 5.10 Å². The van der Waals surface area contributed by atoms with E-state index in [4.69, 9.17) is 15.2 Å². The van der Waals surface area contributed by atoms with E-state index < -0.39 is 5.97 Å². The SMILES string of the molecule is Nc1nc2c(-c3ccc4c(c3)OCO4)ccc(C(=O)O)n2n1. The minimum absolute atomic E-state index is 0.00990. The van der Waals surface area contributed by atoms with E-state index in [1.165, 1.54) is 10.6 Å². The van der Waals surface area contributed by atoms with E-state index >= 15 is 0 Å². The number of carboxylic acids is 1. The number of nitrogens with two attached hydrogens (primary N) is 1. The van der Waals surface area contributed by atoms with Crippen LogP contribution in [0.4, 0.5) is 5.95 Å². The highest BCUT2D eigenvalue weighted by Gasteiger charge is 2.18. The van der Waals surface area contributed by atoms with Gasteiger partial charge in [0, 0.05) is 5.56 Å². The van der Waals surface area contributed by atoms with Gasteiger partial charge in [0.2, 0.25) is 12.7 Å². The van der Waals surface area contributed by atoms with Gasteiger partial charge in [0.05, 0.1) is 0 Å². The van der Waals surface area contributed by atoms with Crippen molar-refractivity contribution in [1.29, 1.82) is 0 Å². The number of hydrogen-bond donors (Lipinski definition) is 2. The number of ether oxygens (including phenoxy) is 2. The Morgan fingerprint density at radius 1 is 1.23 bits per heavy atom. The fourth-order valence-electron chi connectivity index (χ4n) is 2.43. The van der Waals surface area contributed by atoms with Crippen molar-refractivity contribution >= 4 is 17.6 Å². The maximum absolute atomic E-state index is 11.3. The second-order valence-electron chi connectivity index (χ2n) is 4.71. The summed E-state index contributed by atoms with van der Waals surface area (Å²) in [7, 11) is 0. The van der Waals surface area contributed by atoms with Gasteiger partial charge in [-0.25, -0.2) is 9.31 Å². The summed E-state index contributed by atoms with van der Waals surface area (Å²) in [5.41, 5.74) is 7.48. The first-order valence-electron chi connectivity index (χ1n) is 6.42. The summed E-state index contributed by atoms with van der Waals surface area (Å²) in [6.45, 7) is 0.185. The Morgan fingerprint density at radius 3 is 2.86 bits per heavy atom. The number of rotatable bonds is 2. The second kappa shape index (κ2) is 4.35. The first-order chi connectivity index (χ1) is 10.6. The Bertz CT molecular complexity index is 919. The number of aromatic carboxylic acids is 1. The van der Waals surface area contributed by atoms with Crippen molar-refractivity contribution in [3.05, 3.63) is 36.0 Å². The van der Waals surface area contributed by atoms with Crippen LogP contribution in [0.2, 0.25) is 0 Å². The maximum Gasteiger partial charge on any atom is 0.354 e. The van der Waals surface area contributed by atoms with Crippen LogP contribution in [0.5, 0.6) is 11.5 Å². The Hall–Kier alpha value is -3.29. The van der Waals surface area contributed by atoms with Crippen molar-refractivity contribution in [2.75, 3.05) is 12.5 Å². The van der Waals surface area contributed by atoms with Gasteiger partial charge in [-0.05, 0) is 29.8 Å². The van der Waals surface area contributed by atoms with E-state index in [9.17, 15) is 9.90 Å². The van der Waals surface area contributed by atoms with Gasteiger partial charge in [0.1, 0.15) is 0 Å². The van der Waals surface area contributed by atoms with E-state index in [0.29, 0.717) is 22.7 Å². The van der Waals surface area contributed by atoms with Gasteiger partial charge >= 0.3 is 5.97 Å². The van der Waals surface area contributed by atoms with Gasteiger partial charge < -0.3 is 20.3 Å². The van der Waals surface area contributed by atoms with E-state index in [2.05, 4.69) is 10.1 Å². The fourth-order valence-corrected chi connectivity index (χ4v) is 2.43. The molecule has 1 aromatic carbocycles. The molecule has 1 aliphatic heterocycles. The summed E-state index contributed by atoms with van der Waals surface area (Å²) in [6.07, 6.45) is 0. The monoisotopic (exact) mass is 298 g/mol. The summed E-state index contributed by atoms with van der Waals surface area (Å²) in [4.78, 5) is 15.4. The number of nitrogens with zero attached hydrogens (tertiary/aromatic N) is 3. The third-order valence-corrected chi connectivity index (χ3v) is 3.40. The molecule has 8 nitrogen and oxygen atoms in total. The third-order valence-electron chi connectivity index (χ3n) is 3.40. The molecule has 0 atom stereocenters. The zero-order chi connectivity index (χ0) is 15.3. The quantitative estimate of drug-likeness (QED) is 0.735. The zero-order valence-corrected chi connectivity index (χ0v) is 11.2. The lowest BCUT2D eigenvalue weighted by Gasteiger charge is -2.06. The number of aromatic nitrogens is 3. The van der Waals surface area contributed by atoms with Crippen molar-refractivity contribution < 1.29 is 19.4 Å². The molecule has 8 heteroatoms. The van der Waals surface area contributed by atoms with Crippen molar-refractivity contribution in [3.63, 3.8) is 0 Å². The fraction of sp³-hybridized carbons (Fsp3) is 0.0714. The maximum atomic E-state index is 11.3. The van der Waals surface area contributed by atoms with Crippen LogP contribution in [0.15, 0.2) is 30.3 Å². The van der Waals surface area contributed by atoms with Crippen molar-refractivity contribution in [2.24, 2.45) is 0 Å². The van der Waals surface area contributed by atoms with Gasteiger partial charge in [-0.3, -0.25) is 0 Å². The highest BCUT2D eigenvalue weighted by molar-refractivity contribution is 5.89. The number of nitrogen functional groups attached to an aromatic ring is 1. The lowest BCUT2D eigenvalue weighted by atomic mass is 10.1. The molecule has 2 aromatic heterocycles. The van der Waals surface area contributed by atoms with E-state index in [0.717, 1.165) is 5.56 Å². The van der Waals surface area contributed by atoms with Crippen LogP contribution in [0, 0.1) is 0 Å². The number of benzene rings is 1. The standard InChI is InChI=1S/C14H10N4O4/c15-14-16-12-8(2-3-9(13(19)20)18(12)17-14)7-1-4-10-11(5-7)22-6-21-10/h1-5H,6H2,(H2,15,17)(H,19,20). The molecule has 1 aliphatic rings. The molecule has 0 aliphatic carbocycles. The second-order valence-corrected chi connectivity index (χ2v) is 4.71. The smallest absolute Gasteiger partial charge is 0.354 e. The molecule has 3 heterocycles. The summed E-state index contributed by atoms with van der Waals surface area (Å²) in [5.74, 6) is 0.205. The largest absolute Gasteiger partial charge is 0.477 e. The van der Waals surface area contributed by atoms with Crippen molar-refractivity contribution in [2.45, 2.75) is 0 Å². The topological polar surface area (TPSA) is 112 Å². The highest BCUT2D eigenvalue weighted by atomic mass is 16.7. The Labute approximate surface area is 123 Å². The zero-order valence-electron chi connectivity index (χ0n) is 11.2. The molecular weight excluding hydrogens is 288 g/mol. The molecule has 22 heavy (non-hydrogen) atoms. The van der Waals surface area contributed by atoms with Crippen LogP contribution < -0.4 is 15.2 Å². The van der Waals surface area contributed by atoms with Gasteiger partial charge in [-0.2, -0.15) is 4.98 Å². The van der Waals surface area contributed by atoms with Gasteiger partial charge in [-0.1, -0.05) is 6.07 Å². The molecule has 3 aromatic rings. The minimum atomic E-state index is -1.10. The molecule has 0 amide bonds. The molecule has 3 N–H and O–H groups in total. The van der Waals surface area contributed by atoms with Crippen molar-refractivity contribution in [1.82, 2.24) is 14.6 Å². The Morgan fingerprint density at radius 2 is 2.05 bits per heavy atom. The van der Waals surface area contributed by atoms with E-state index in [-0.39, 0.29) is 18.4 Å². The molecule has 0 fully saturated rings. The van der Waals surface area contributed by atoms with Gasteiger partial charge in [0.15, 0.2) is 22.8 Å². The molecule has 0 unspecified atom stereocenters. The molecule has 110 valence electrons. The molecular formula is C14H10N4O4. The molecule has 0 saturated carbocycles. The van der Waals surface area contributed by atoms with E-state index in [1.54, 1.807) is 12.1 Å². The Balaban J connectivity index is 1.96. The molecule has 0 bridgehead atoms. The van der Waals surface area contributed by atoms with Crippen LogP contribution in [0.3, 0.4) is 0 Å². The average molecular weight is 298 g/mol. The number of hydrogen-bond acceptors (Lipinski definition) is 6. The lowest BCUT2D eigenvalue weighted by Crippen LogP contribution is -2.07. The predicted octanol–water partition coefficient (Wildman–Crippen LogP) is 1.41. The summed E-state index contributed by atoms with van der Waals surface area (Å²) >= 11 is 0. The van der Waals surface area contributed by atoms with Crippen LogP contribution >= 0.6 is 0 Å². The Kier molecular flexibility index (Phi) is 2.46. The minimum Gasteiger partial charge on any atom is -0.477 e. The predicted molar refractivity (Wildman–Crippen MR) is 75.9 cm³/mol. The highest BCUT2D eigenvalue weighted by Crippen LogP contribution is 2.37. The molecule has 0 saturated heterocycles. The molecule has 0 radical (unpaired) electrons. The summed E-state index contributed by atoms with van der Waals surface area (Å²) in [5, 5.41) is 13.2. The number of pyridine rings is 1. The van der Waals surface area contributed by atoms with E-state index in [1.807, 2.05) is 12.1 Å². The lowest BCUT2D eigenvalue weighted by molar-refractivity contribution is 0.0687. The van der Waals surface area contributed by atoms with Crippen LogP contribution in [-0.2, 0) is 0 Å². The van der Waals surface area contributed by atoms with Crippen molar-refractivity contribution in [3.8, 4) is 22.6 Å². The van der Waals surface area contributed by atoms with Crippen LogP contribution in [0.25, 0.3) is 16.8 Å². The third kappa shape index (κ3) is 1.74. The van der Waals surface area contributed by atoms with Gasteiger partial charge in [0.25, 0.3) is 0 Å².